The fraction of sp³-hybridized carbons (Fsp3) is 0.571. The van der Waals surface area contributed by atoms with E-state index in [4.69, 9.17) is 9.53 Å². The zero-order valence-corrected chi connectivity index (χ0v) is 7.54. The Labute approximate surface area is 69.0 Å². The van der Waals surface area contributed by atoms with Crippen molar-refractivity contribution in [3.63, 3.8) is 0 Å². The number of carbonyl (C=O) groups excluding carboxylic acids is 1. The molecule has 0 aliphatic heterocycles. The Bertz CT molecular complexity index is 136. The maximum absolute atomic E-state index is 10.6. The lowest BCUT2D eigenvalue weighted by Crippen LogP contribution is -2.17. The van der Waals surface area contributed by atoms with Crippen LogP contribution in [0.2, 0.25) is 6.04 Å². The molecule has 0 spiro atoms. The van der Waals surface area contributed by atoms with Crippen molar-refractivity contribution in [2.75, 3.05) is 0 Å². The highest BCUT2D eigenvalue weighted by Crippen LogP contribution is 2.03. The SMILES string of the molecule is C=CC(=O)OC(CC)C[Si]O. The molecule has 2 radical (unpaired) electrons. The van der Waals surface area contributed by atoms with E-state index >= 15 is 0 Å². The first kappa shape index (κ1) is 10.4. The van der Waals surface area contributed by atoms with Crippen molar-refractivity contribution in [1.82, 2.24) is 0 Å². The van der Waals surface area contributed by atoms with E-state index in [0.29, 0.717) is 6.04 Å². The monoisotopic (exact) mass is 172 g/mol. The number of carbonyl (C=O) groups is 1. The van der Waals surface area contributed by atoms with E-state index in [1.165, 1.54) is 0 Å². The van der Waals surface area contributed by atoms with E-state index in [1.54, 1.807) is 0 Å². The van der Waals surface area contributed by atoms with Gasteiger partial charge < -0.3 is 9.53 Å². The van der Waals surface area contributed by atoms with E-state index in [2.05, 4.69) is 6.58 Å². The average Bonchev–Trinajstić information content (AvgIpc) is 2.03. The van der Waals surface area contributed by atoms with Crippen molar-refractivity contribution in [3.05, 3.63) is 12.7 Å². The molecule has 0 aromatic carbocycles. The molecule has 0 bridgehead atoms. The quantitative estimate of drug-likeness (QED) is 0.374. The first-order chi connectivity index (χ1) is 5.24. The van der Waals surface area contributed by atoms with Gasteiger partial charge in [-0.1, -0.05) is 13.5 Å². The fourth-order valence-corrected chi connectivity index (χ4v) is 1.16. The Kier molecular flexibility index (Phi) is 5.78. The van der Waals surface area contributed by atoms with Crippen molar-refractivity contribution in [2.45, 2.75) is 25.5 Å². The molecular weight excluding hydrogens is 160 g/mol. The number of hydrogen-bond donors (Lipinski definition) is 1. The lowest BCUT2D eigenvalue weighted by molar-refractivity contribution is -0.142. The Balaban J connectivity index is 3.67. The second-order valence-electron chi connectivity index (χ2n) is 2.03. The number of esters is 1. The second kappa shape index (κ2) is 6.12. The Morgan fingerprint density at radius 2 is 2.55 bits per heavy atom. The molecule has 0 aromatic heterocycles. The lowest BCUT2D eigenvalue weighted by atomic mass is 10.3. The topological polar surface area (TPSA) is 46.5 Å². The third-order valence-electron chi connectivity index (χ3n) is 1.22. The van der Waals surface area contributed by atoms with Gasteiger partial charge in [-0.25, -0.2) is 4.79 Å². The zero-order chi connectivity index (χ0) is 8.69. The molecule has 1 unspecified atom stereocenters. The number of ether oxygens (including phenoxy) is 1. The van der Waals surface area contributed by atoms with Gasteiger partial charge in [0, 0.05) is 12.1 Å². The van der Waals surface area contributed by atoms with E-state index < -0.39 is 5.97 Å². The first-order valence-electron chi connectivity index (χ1n) is 3.44. The second-order valence-corrected chi connectivity index (χ2v) is 2.76. The van der Waals surface area contributed by atoms with Crippen molar-refractivity contribution < 1.29 is 14.3 Å². The van der Waals surface area contributed by atoms with Crippen LogP contribution in [0.3, 0.4) is 0 Å². The van der Waals surface area contributed by atoms with E-state index in [0.717, 1.165) is 12.5 Å². The molecule has 0 aromatic rings. The third-order valence-corrected chi connectivity index (χ3v) is 1.86. The molecule has 0 saturated carbocycles. The van der Waals surface area contributed by atoms with Crippen LogP contribution in [0.25, 0.3) is 0 Å². The van der Waals surface area contributed by atoms with Crippen molar-refractivity contribution in [2.24, 2.45) is 0 Å². The minimum absolute atomic E-state index is 0.163. The molecule has 3 nitrogen and oxygen atoms in total. The highest BCUT2D eigenvalue weighted by Gasteiger charge is 2.09. The lowest BCUT2D eigenvalue weighted by Gasteiger charge is -2.12. The zero-order valence-electron chi connectivity index (χ0n) is 6.54. The summed E-state index contributed by atoms with van der Waals surface area (Å²) >= 11 is 0. The molecule has 0 aliphatic rings. The van der Waals surface area contributed by atoms with Crippen LogP contribution >= 0.6 is 0 Å². The van der Waals surface area contributed by atoms with Crippen LogP contribution in [0.1, 0.15) is 13.3 Å². The van der Waals surface area contributed by atoms with Gasteiger partial charge >= 0.3 is 5.97 Å². The fourth-order valence-electron chi connectivity index (χ4n) is 0.584. The van der Waals surface area contributed by atoms with Crippen LogP contribution in [0.15, 0.2) is 12.7 Å². The predicted octanol–water partition coefficient (Wildman–Crippen LogP) is 0.524. The van der Waals surface area contributed by atoms with Crippen molar-refractivity contribution in [1.29, 1.82) is 0 Å². The molecule has 0 aliphatic carbocycles. The Morgan fingerprint density at radius 1 is 1.91 bits per heavy atom. The Hall–Kier alpha value is -0.613. The normalized spacial score (nSPS) is 12.2. The van der Waals surface area contributed by atoms with Gasteiger partial charge in [0.15, 0.2) is 0 Å². The van der Waals surface area contributed by atoms with E-state index in [-0.39, 0.29) is 15.9 Å². The van der Waals surface area contributed by atoms with Crippen LogP contribution in [-0.2, 0) is 9.53 Å². The molecule has 0 heterocycles. The standard InChI is InChI=1S/C7H12O3Si/c1-3-6(5-11-9)10-7(8)4-2/h4,6,9H,2-3,5H2,1H3. The summed E-state index contributed by atoms with van der Waals surface area (Å²) in [6.45, 7) is 5.18. The average molecular weight is 172 g/mol. The van der Waals surface area contributed by atoms with Crippen LogP contribution in [-0.4, -0.2) is 26.6 Å². The first-order valence-corrected chi connectivity index (χ1v) is 4.60. The third kappa shape index (κ3) is 4.75. The highest BCUT2D eigenvalue weighted by atomic mass is 28.2. The van der Waals surface area contributed by atoms with Gasteiger partial charge in [-0.2, -0.15) is 0 Å². The smallest absolute Gasteiger partial charge is 0.330 e. The summed E-state index contributed by atoms with van der Waals surface area (Å²) in [5.41, 5.74) is 0. The van der Waals surface area contributed by atoms with Gasteiger partial charge in [-0.15, -0.1) is 0 Å². The molecule has 62 valence electrons. The molecule has 4 heteroatoms. The van der Waals surface area contributed by atoms with Gasteiger partial charge in [0.25, 0.3) is 0 Å². The summed E-state index contributed by atoms with van der Waals surface area (Å²) in [5.74, 6) is -0.421. The molecular formula is C7H12O3Si. The summed E-state index contributed by atoms with van der Waals surface area (Å²) in [5, 5.41) is 0. The van der Waals surface area contributed by atoms with Gasteiger partial charge in [0.05, 0.1) is 0 Å². The largest absolute Gasteiger partial charge is 0.459 e. The summed E-state index contributed by atoms with van der Waals surface area (Å²) in [6.07, 6.45) is 1.69. The molecule has 11 heavy (non-hydrogen) atoms. The number of rotatable bonds is 5. The van der Waals surface area contributed by atoms with Gasteiger partial charge in [0.1, 0.15) is 6.10 Å². The predicted molar refractivity (Wildman–Crippen MR) is 43.1 cm³/mol. The maximum Gasteiger partial charge on any atom is 0.330 e. The van der Waals surface area contributed by atoms with Crippen LogP contribution in [0.5, 0.6) is 0 Å². The van der Waals surface area contributed by atoms with Crippen molar-refractivity contribution >= 4 is 15.7 Å². The Morgan fingerprint density at radius 3 is 2.91 bits per heavy atom. The maximum atomic E-state index is 10.6. The van der Waals surface area contributed by atoms with Gasteiger partial charge in [-0.05, 0) is 6.42 Å². The minimum Gasteiger partial charge on any atom is -0.459 e. The van der Waals surface area contributed by atoms with E-state index in [9.17, 15) is 4.79 Å². The van der Waals surface area contributed by atoms with Gasteiger partial charge in [0.2, 0.25) is 9.76 Å². The number of hydrogen-bond acceptors (Lipinski definition) is 3. The van der Waals surface area contributed by atoms with Crippen molar-refractivity contribution in [3.8, 4) is 0 Å². The molecule has 1 atom stereocenters. The molecule has 1 N–H and O–H groups in total. The summed E-state index contributed by atoms with van der Waals surface area (Å²) in [4.78, 5) is 19.2. The highest BCUT2D eigenvalue weighted by molar-refractivity contribution is 6.25. The summed E-state index contributed by atoms with van der Waals surface area (Å²) < 4.78 is 4.88. The molecule has 0 amide bonds. The molecule has 0 saturated heterocycles. The van der Waals surface area contributed by atoms with Crippen LogP contribution < -0.4 is 0 Å². The summed E-state index contributed by atoms with van der Waals surface area (Å²) in [6, 6.07) is 0.524. The van der Waals surface area contributed by atoms with Crippen LogP contribution in [0.4, 0.5) is 0 Å². The summed E-state index contributed by atoms with van der Waals surface area (Å²) in [7, 11) is -0.166. The minimum atomic E-state index is -0.421. The van der Waals surface area contributed by atoms with Crippen LogP contribution in [0, 0.1) is 0 Å². The van der Waals surface area contributed by atoms with Gasteiger partial charge in [-0.3, -0.25) is 0 Å². The molecule has 0 fully saturated rings. The molecule has 0 rings (SSSR count). The van der Waals surface area contributed by atoms with E-state index in [1.807, 2.05) is 6.92 Å².